The molecular weight excluding hydrogens is 853 g/mol. The van der Waals surface area contributed by atoms with Crippen LogP contribution in [-0.4, -0.2) is 9.13 Å². The second kappa shape index (κ2) is 16.9. The number of hydrogen-bond donors (Lipinski definition) is 0. The molecule has 11 aromatic carbocycles. The number of benzene rings is 11. The van der Waals surface area contributed by atoms with Crippen LogP contribution in [0.4, 0.5) is 0 Å². The molecule has 0 aliphatic heterocycles. The van der Waals surface area contributed by atoms with Crippen LogP contribution in [0.25, 0.3) is 88.4 Å². The van der Waals surface area contributed by atoms with E-state index in [-0.39, 0.29) is 0 Å². The Bertz CT molecular complexity index is 3940. The van der Waals surface area contributed by atoms with Crippen molar-refractivity contribution in [1.29, 1.82) is 0 Å². The maximum absolute atomic E-state index is 2.47. The molecule has 0 unspecified atom stereocenters. The van der Waals surface area contributed by atoms with Crippen molar-refractivity contribution >= 4 is 53.6 Å². The third kappa shape index (κ3) is 6.73. The molecular formula is C66H46N2S. The molecule has 0 radical (unpaired) electrons. The molecule has 0 fully saturated rings. The Hall–Kier alpha value is -8.63. The van der Waals surface area contributed by atoms with Gasteiger partial charge in [-0.05, 0) is 130 Å². The summed E-state index contributed by atoms with van der Waals surface area (Å²) in [6.45, 7) is 0. The zero-order valence-electron chi connectivity index (χ0n) is 37.9. The van der Waals surface area contributed by atoms with Crippen molar-refractivity contribution < 1.29 is 0 Å². The van der Waals surface area contributed by atoms with Gasteiger partial charge in [0, 0.05) is 52.5 Å². The highest BCUT2D eigenvalue weighted by Gasteiger charge is 2.34. The van der Waals surface area contributed by atoms with Crippen molar-refractivity contribution in [3.63, 3.8) is 0 Å². The van der Waals surface area contributed by atoms with Gasteiger partial charge in [-0.1, -0.05) is 182 Å². The zero-order chi connectivity index (χ0) is 45.7. The van der Waals surface area contributed by atoms with E-state index >= 15 is 0 Å². The summed E-state index contributed by atoms with van der Waals surface area (Å²) in [4.78, 5) is 5.17. The molecule has 0 N–H and O–H groups in total. The molecule has 13 aromatic rings. The first-order valence-corrected chi connectivity index (χ1v) is 25.3. The predicted molar refractivity (Wildman–Crippen MR) is 291 cm³/mol. The van der Waals surface area contributed by atoms with Crippen molar-refractivity contribution in [2.45, 2.75) is 19.6 Å². The number of para-hydroxylation sites is 2. The van der Waals surface area contributed by atoms with E-state index in [1.807, 2.05) is 0 Å². The molecule has 326 valence electrons. The molecule has 0 amide bonds. The van der Waals surface area contributed by atoms with Crippen LogP contribution < -0.4 is 0 Å². The highest BCUT2D eigenvalue weighted by atomic mass is 32.3. The number of aromatic nitrogens is 2. The molecule has 0 bridgehead atoms. The maximum Gasteiger partial charge on any atom is 0.0547 e. The average molecular weight is 899 g/mol. The highest BCUT2D eigenvalue weighted by Crippen LogP contribution is 2.73. The molecule has 0 atom stereocenters. The molecule has 0 aliphatic rings. The molecule has 3 heteroatoms. The van der Waals surface area contributed by atoms with Crippen LogP contribution in [0, 0.1) is 0 Å². The quantitative estimate of drug-likeness (QED) is 0.137. The Balaban J connectivity index is 0.993. The van der Waals surface area contributed by atoms with Gasteiger partial charge >= 0.3 is 0 Å². The summed E-state index contributed by atoms with van der Waals surface area (Å²) in [6, 6.07) is 103. The van der Waals surface area contributed by atoms with Crippen molar-refractivity contribution in [3.8, 4) is 44.8 Å². The molecule has 69 heavy (non-hydrogen) atoms. The monoisotopic (exact) mass is 898 g/mol. The maximum atomic E-state index is 2.47. The number of nitrogens with zero attached hydrogens (tertiary/aromatic N) is 2. The second-order valence-electron chi connectivity index (χ2n) is 17.7. The number of rotatable bonds is 9. The Morgan fingerprint density at radius 2 is 0.681 bits per heavy atom. The van der Waals surface area contributed by atoms with Gasteiger partial charge < -0.3 is 9.13 Å². The summed E-state index contributed by atoms with van der Waals surface area (Å²) in [7, 11) is -1.97. The molecule has 0 aliphatic carbocycles. The summed E-state index contributed by atoms with van der Waals surface area (Å²) in [5.74, 6) is 0. The van der Waals surface area contributed by atoms with Gasteiger partial charge in [-0.3, -0.25) is 0 Å². The van der Waals surface area contributed by atoms with E-state index < -0.39 is 10.0 Å². The van der Waals surface area contributed by atoms with E-state index in [4.69, 9.17) is 0 Å². The van der Waals surface area contributed by atoms with Crippen LogP contribution >= 0.6 is 10.0 Å². The Morgan fingerprint density at radius 3 is 1.38 bits per heavy atom. The Morgan fingerprint density at radius 1 is 0.232 bits per heavy atom. The molecule has 2 heterocycles. The molecule has 2 nitrogen and oxygen atoms in total. The molecule has 0 saturated heterocycles. The van der Waals surface area contributed by atoms with Gasteiger partial charge in [-0.15, -0.1) is 10.0 Å². The van der Waals surface area contributed by atoms with E-state index in [2.05, 4.69) is 288 Å². The van der Waals surface area contributed by atoms with E-state index in [1.165, 1.54) is 96.6 Å². The summed E-state index contributed by atoms with van der Waals surface area (Å²) in [6.07, 6.45) is 0. The largest absolute Gasteiger partial charge is 0.309 e. The summed E-state index contributed by atoms with van der Waals surface area (Å²) in [5.41, 5.74) is 14.3. The van der Waals surface area contributed by atoms with Gasteiger partial charge in [-0.2, -0.15) is 0 Å². The van der Waals surface area contributed by atoms with Crippen LogP contribution in [0.2, 0.25) is 0 Å². The third-order valence-electron chi connectivity index (χ3n) is 13.8. The van der Waals surface area contributed by atoms with Gasteiger partial charge in [0.25, 0.3) is 0 Å². The highest BCUT2D eigenvalue weighted by molar-refractivity contribution is 8.34. The van der Waals surface area contributed by atoms with E-state index in [1.54, 1.807) is 0 Å². The number of fused-ring (bicyclic) bond motifs is 6. The van der Waals surface area contributed by atoms with Crippen molar-refractivity contribution in [2.75, 3.05) is 0 Å². The Labute approximate surface area is 404 Å². The van der Waals surface area contributed by atoms with Crippen LogP contribution in [0.15, 0.2) is 299 Å². The minimum absolute atomic E-state index is 1.13. The van der Waals surface area contributed by atoms with Crippen LogP contribution in [0.5, 0.6) is 0 Å². The first-order valence-electron chi connectivity index (χ1n) is 23.7. The molecule has 0 saturated carbocycles. The first-order chi connectivity index (χ1) is 34.2. The smallest absolute Gasteiger partial charge is 0.0547 e. The minimum Gasteiger partial charge on any atom is -0.309 e. The van der Waals surface area contributed by atoms with E-state index in [0.29, 0.717) is 0 Å². The summed E-state index contributed by atoms with van der Waals surface area (Å²) >= 11 is 0. The van der Waals surface area contributed by atoms with Crippen molar-refractivity contribution in [1.82, 2.24) is 9.13 Å². The zero-order valence-corrected chi connectivity index (χ0v) is 38.7. The molecule has 13 rings (SSSR count). The lowest BCUT2D eigenvalue weighted by Gasteiger charge is -2.42. The topological polar surface area (TPSA) is 9.86 Å². The Kier molecular flexibility index (Phi) is 9.96. The lowest BCUT2D eigenvalue weighted by Crippen LogP contribution is -2.06. The third-order valence-corrected chi connectivity index (χ3v) is 17.7. The predicted octanol–water partition coefficient (Wildman–Crippen LogP) is 18.2. The van der Waals surface area contributed by atoms with Crippen molar-refractivity contribution in [3.05, 3.63) is 279 Å². The van der Waals surface area contributed by atoms with Crippen LogP contribution in [0.3, 0.4) is 0 Å². The fraction of sp³-hybridized carbons (Fsp3) is 0. The van der Waals surface area contributed by atoms with E-state index in [9.17, 15) is 0 Å². The van der Waals surface area contributed by atoms with Gasteiger partial charge in [0.1, 0.15) is 0 Å². The second-order valence-corrected chi connectivity index (χ2v) is 20.8. The normalized spacial score (nSPS) is 12.0. The lowest BCUT2D eigenvalue weighted by atomic mass is 9.96. The summed E-state index contributed by atoms with van der Waals surface area (Å²) < 4.78 is 4.93. The van der Waals surface area contributed by atoms with Crippen LogP contribution in [0.1, 0.15) is 0 Å². The van der Waals surface area contributed by atoms with E-state index in [0.717, 1.165) is 11.4 Å². The van der Waals surface area contributed by atoms with Crippen molar-refractivity contribution in [2.24, 2.45) is 0 Å². The van der Waals surface area contributed by atoms with Gasteiger partial charge in [0.15, 0.2) is 0 Å². The fourth-order valence-corrected chi connectivity index (χ4v) is 14.7. The van der Waals surface area contributed by atoms with Crippen LogP contribution in [-0.2, 0) is 0 Å². The number of hydrogen-bond acceptors (Lipinski definition) is 0. The summed E-state index contributed by atoms with van der Waals surface area (Å²) in [5, 5.41) is 4.94. The SMILES string of the molecule is c1ccc(-c2ccc(S(c3ccccc3)(c3ccccc3)c3cccc(-n4c5ccccc5c5cc(-n6c7ccccc7c7c(-c8cccc(-c9ccccc9)c8)cccc76)ccc54)c3)cc2)cc1. The van der Waals surface area contributed by atoms with Gasteiger partial charge in [-0.25, -0.2) is 0 Å². The minimum atomic E-state index is -1.97. The lowest BCUT2D eigenvalue weighted by molar-refractivity contribution is 1.14. The van der Waals surface area contributed by atoms with Gasteiger partial charge in [0.2, 0.25) is 0 Å². The standard InChI is InChI=1S/C66H46N2S/c1-5-20-47(21-6-1)49-38-41-56(42-39-49)69(54-27-9-3-10-28-54,55-29-11-4-12-30-55)57-31-18-26-52(45-57)67-62-35-15-13-32-59(62)61-46-53(40-43-64(61)67)68-63-36-16-14-33-60(63)66-58(34-19-37-65(66)68)51-25-17-24-50(44-51)48-22-7-2-8-23-48/h1-46H. The average Bonchev–Trinajstić information content (AvgIpc) is 3.95. The first kappa shape index (κ1) is 40.6. The fourth-order valence-electron chi connectivity index (χ4n) is 10.8. The molecule has 2 aromatic heterocycles. The van der Waals surface area contributed by atoms with Gasteiger partial charge in [0.05, 0.1) is 22.1 Å². The molecule has 0 spiro atoms.